The highest BCUT2D eigenvalue weighted by molar-refractivity contribution is 9.10. The molecule has 0 aliphatic rings. The van der Waals surface area contributed by atoms with Crippen molar-refractivity contribution in [3.05, 3.63) is 63.0 Å². The molecular weight excluding hydrogens is 418 g/mol. The number of aryl methyl sites for hydroxylation is 2. The number of nitrogens with one attached hydrogen (secondary N) is 1. The molecular formula is C18H19BrClN5O. The molecule has 0 saturated carbocycles. The van der Waals surface area contributed by atoms with Gasteiger partial charge in [-0.15, -0.1) is 0 Å². The molecule has 1 aromatic carbocycles. The number of carbonyl (C=O) groups is 1. The second kappa shape index (κ2) is 8.05. The number of nitrogens with zero attached hydrogens (tertiary/aromatic N) is 4. The van der Waals surface area contributed by atoms with Gasteiger partial charge in [-0.2, -0.15) is 10.2 Å². The van der Waals surface area contributed by atoms with Crippen molar-refractivity contribution in [2.45, 2.75) is 33.4 Å². The Morgan fingerprint density at radius 1 is 1.27 bits per heavy atom. The molecule has 3 aromatic rings. The van der Waals surface area contributed by atoms with Crippen LogP contribution in [0, 0.1) is 13.8 Å². The lowest BCUT2D eigenvalue weighted by Crippen LogP contribution is -2.16. The van der Waals surface area contributed by atoms with Gasteiger partial charge in [-0.25, -0.2) is 0 Å². The third-order valence-corrected chi connectivity index (χ3v) is 5.27. The number of anilines is 1. The number of amides is 1. The average molecular weight is 437 g/mol. The highest BCUT2D eigenvalue weighted by Crippen LogP contribution is 2.18. The van der Waals surface area contributed by atoms with Crippen LogP contribution in [0.2, 0.25) is 5.02 Å². The number of benzene rings is 1. The molecule has 2 heterocycles. The zero-order valence-electron chi connectivity index (χ0n) is 14.5. The second-order valence-corrected chi connectivity index (χ2v) is 7.28. The summed E-state index contributed by atoms with van der Waals surface area (Å²) in [5.74, 6) is 0.441. The van der Waals surface area contributed by atoms with Crippen molar-refractivity contribution < 1.29 is 4.79 Å². The second-order valence-electron chi connectivity index (χ2n) is 6.02. The quantitative estimate of drug-likeness (QED) is 0.630. The molecule has 0 unspecified atom stereocenters. The van der Waals surface area contributed by atoms with E-state index in [1.54, 1.807) is 10.9 Å². The first kappa shape index (κ1) is 18.7. The fourth-order valence-electron chi connectivity index (χ4n) is 2.58. The zero-order chi connectivity index (χ0) is 18.7. The van der Waals surface area contributed by atoms with Crippen LogP contribution in [-0.4, -0.2) is 25.5 Å². The van der Waals surface area contributed by atoms with E-state index < -0.39 is 0 Å². The van der Waals surface area contributed by atoms with Crippen LogP contribution in [0.3, 0.4) is 0 Å². The summed E-state index contributed by atoms with van der Waals surface area (Å²) in [7, 11) is 0. The maximum absolute atomic E-state index is 12.2. The summed E-state index contributed by atoms with van der Waals surface area (Å²) >= 11 is 9.62. The van der Waals surface area contributed by atoms with Gasteiger partial charge in [0, 0.05) is 28.9 Å². The average Bonchev–Trinajstić information content (AvgIpc) is 3.11. The summed E-state index contributed by atoms with van der Waals surface area (Å²) in [4.78, 5) is 12.2. The minimum absolute atomic E-state index is 0.0987. The van der Waals surface area contributed by atoms with Crippen molar-refractivity contribution in [3.8, 4) is 0 Å². The van der Waals surface area contributed by atoms with E-state index in [0.717, 1.165) is 21.4 Å². The Morgan fingerprint density at radius 3 is 2.73 bits per heavy atom. The van der Waals surface area contributed by atoms with Gasteiger partial charge in [0.1, 0.15) is 0 Å². The molecule has 0 bridgehead atoms. The van der Waals surface area contributed by atoms with Gasteiger partial charge in [0.25, 0.3) is 0 Å². The van der Waals surface area contributed by atoms with Crippen LogP contribution in [-0.2, 0) is 17.9 Å². The molecule has 2 aromatic heterocycles. The van der Waals surface area contributed by atoms with Gasteiger partial charge in [0.2, 0.25) is 5.91 Å². The van der Waals surface area contributed by atoms with E-state index in [2.05, 4.69) is 31.4 Å². The van der Waals surface area contributed by atoms with Crippen LogP contribution in [0.5, 0.6) is 0 Å². The largest absolute Gasteiger partial charge is 0.309 e. The SMILES string of the molecule is Cc1cc(NC(=O)CCn2ncc(Br)c2C)nn1Cc1ccccc1Cl. The zero-order valence-corrected chi connectivity index (χ0v) is 16.9. The van der Waals surface area contributed by atoms with Gasteiger partial charge < -0.3 is 5.32 Å². The number of halogens is 2. The molecule has 0 aliphatic carbocycles. The molecule has 6 nitrogen and oxygen atoms in total. The van der Waals surface area contributed by atoms with Crippen molar-refractivity contribution in [1.82, 2.24) is 19.6 Å². The Kier molecular flexibility index (Phi) is 5.78. The number of hydrogen-bond acceptors (Lipinski definition) is 3. The fourth-order valence-corrected chi connectivity index (χ4v) is 3.07. The Balaban J connectivity index is 1.61. The summed E-state index contributed by atoms with van der Waals surface area (Å²) in [6.07, 6.45) is 2.05. The van der Waals surface area contributed by atoms with Gasteiger partial charge in [-0.05, 0) is 41.4 Å². The molecule has 0 spiro atoms. The summed E-state index contributed by atoms with van der Waals surface area (Å²) in [5, 5.41) is 12.2. The molecule has 0 saturated heterocycles. The van der Waals surface area contributed by atoms with E-state index in [1.165, 1.54) is 0 Å². The number of aromatic nitrogens is 4. The summed E-state index contributed by atoms with van der Waals surface area (Å²) in [5.41, 5.74) is 2.93. The van der Waals surface area contributed by atoms with Gasteiger partial charge >= 0.3 is 0 Å². The Bertz CT molecular complexity index is 934. The lowest BCUT2D eigenvalue weighted by molar-refractivity contribution is -0.116. The molecule has 1 N–H and O–H groups in total. The number of rotatable bonds is 6. The van der Waals surface area contributed by atoms with Crippen molar-refractivity contribution in [2.24, 2.45) is 0 Å². The van der Waals surface area contributed by atoms with Gasteiger partial charge in [0.05, 0.1) is 23.8 Å². The smallest absolute Gasteiger partial charge is 0.227 e. The maximum atomic E-state index is 12.2. The molecule has 1 amide bonds. The van der Waals surface area contributed by atoms with Crippen LogP contribution in [0.15, 0.2) is 41.0 Å². The lowest BCUT2D eigenvalue weighted by atomic mass is 10.2. The van der Waals surface area contributed by atoms with E-state index >= 15 is 0 Å². The molecule has 0 aliphatic heterocycles. The fraction of sp³-hybridized carbons (Fsp3) is 0.278. The van der Waals surface area contributed by atoms with Crippen LogP contribution >= 0.6 is 27.5 Å². The van der Waals surface area contributed by atoms with E-state index in [4.69, 9.17) is 11.6 Å². The minimum atomic E-state index is -0.0987. The molecule has 8 heteroatoms. The molecule has 0 atom stereocenters. The summed E-state index contributed by atoms with van der Waals surface area (Å²) in [6, 6.07) is 9.51. The van der Waals surface area contributed by atoms with Gasteiger partial charge in [-0.1, -0.05) is 29.8 Å². The van der Waals surface area contributed by atoms with Crippen molar-refractivity contribution in [1.29, 1.82) is 0 Å². The molecule has 136 valence electrons. The first-order valence-corrected chi connectivity index (χ1v) is 9.37. The summed E-state index contributed by atoms with van der Waals surface area (Å²) < 4.78 is 4.56. The van der Waals surface area contributed by atoms with E-state index in [-0.39, 0.29) is 5.91 Å². The highest BCUT2D eigenvalue weighted by atomic mass is 79.9. The predicted octanol–water partition coefficient (Wildman–Crippen LogP) is 4.19. The monoisotopic (exact) mass is 435 g/mol. The summed E-state index contributed by atoms with van der Waals surface area (Å²) in [6.45, 7) is 4.98. The molecule has 0 fully saturated rings. The Labute approximate surface area is 165 Å². The third-order valence-electron chi connectivity index (χ3n) is 4.12. The van der Waals surface area contributed by atoms with Crippen LogP contribution in [0.4, 0.5) is 5.82 Å². The van der Waals surface area contributed by atoms with Gasteiger partial charge in [0.15, 0.2) is 5.82 Å². The Hall–Kier alpha value is -2.12. The normalized spacial score (nSPS) is 10.9. The standard InChI is InChI=1S/C18H19BrClN5O/c1-12-9-17(23-25(12)11-14-5-3-4-6-16(14)20)22-18(26)7-8-24-13(2)15(19)10-21-24/h3-6,9-10H,7-8,11H2,1-2H3,(H,22,23,26). The van der Waals surface area contributed by atoms with Crippen molar-refractivity contribution >= 4 is 39.3 Å². The third kappa shape index (κ3) is 4.34. The van der Waals surface area contributed by atoms with E-state index in [9.17, 15) is 4.79 Å². The van der Waals surface area contributed by atoms with Gasteiger partial charge in [-0.3, -0.25) is 14.2 Å². The highest BCUT2D eigenvalue weighted by Gasteiger charge is 2.11. The van der Waals surface area contributed by atoms with Crippen LogP contribution in [0.1, 0.15) is 23.4 Å². The number of hydrogen-bond donors (Lipinski definition) is 1. The van der Waals surface area contributed by atoms with Crippen LogP contribution in [0.25, 0.3) is 0 Å². The molecule has 26 heavy (non-hydrogen) atoms. The van der Waals surface area contributed by atoms with Crippen molar-refractivity contribution in [2.75, 3.05) is 5.32 Å². The topological polar surface area (TPSA) is 64.7 Å². The molecule has 0 radical (unpaired) electrons. The Morgan fingerprint density at radius 2 is 2.04 bits per heavy atom. The molecule has 3 rings (SSSR count). The van der Waals surface area contributed by atoms with E-state index in [1.807, 2.05) is 48.9 Å². The first-order valence-electron chi connectivity index (χ1n) is 8.19. The van der Waals surface area contributed by atoms with Crippen molar-refractivity contribution in [3.63, 3.8) is 0 Å². The first-order chi connectivity index (χ1) is 12.4. The van der Waals surface area contributed by atoms with E-state index in [0.29, 0.717) is 30.4 Å². The minimum Gasteiger partial charge on any atom is -0.309 e. The number of carbonyl (C=O) groups excluding carboxylic acids is 1. The predicted molar refractivity (Wildman–Crippen MR) is 105 cm³/mol. The lowest BCUT2D eigenvalue weighted by Gasteiger charge is -2.06. The maximum Gasteiger partial charge on any atom is 0.227 e. The van der Waals surface area contributed by atoms with Crippen LogP contribution < -0.4 is 5.32 Å².